The number of anilines is 2. The number of methoxy groups -OCH3 is 2. The van der Waals surface area contributed by atoms with E-state index >= 15 is 0 Å². The average Bonchev–Trinajstić information content (AvgIpc) is 3.32. The van der Waals surface area contributed by atoms with Crippen molar-refractivity contribution in [3.05, 3.63) is 64.3 Å². The van der Waals surface area contributed by atoms with Gasteiger partial charge in [0, 0.05) is 53.6 Å². The predicted octanol–water partition coefficient (Wildman–Crippen LogP) is 5.99. The van der Waals surface area contributed by atoms with Crippen LogP contribution in [0.1, 0.15) is 24.3 Å². The minimum atomic E-state index is -0.305. The minimum Gasteiger partial charge on any atom is -0.495 e. The quantitative estimate of drug-likeness (QED) is 0.271. The summed E-state index contributed by atoms with van der Waals surface area (Å²) in [4.78, 5) is 15.5. The number of piperazine rings is 1. The van der Waals surface area contributed by atoms with E-state index in [1.165, 1.54) is 14.2 Å². The second-order valence-corrected chi connectivity index (χ2v) is 10.2. The van der Waals surface area contributed by atoms with Gasteiger partial charge in [0.1, 0.15) is 11.5 Å². The molecule has 0 unspecified atom stereocenters. The minimum absolute atomic E-state index is 0.292. The number of hydrogen-bond donors (Lipinski definition) is 3. The molecule has 4 aromatic rings. The van der Waals surface area contributed by atoms with Gasteiger partial charge in [0.15, 0.2) is 5.69 Å². The van der Waals surface area contributed by atoms with Crippen molar-refractivity contribution in [1.29, 1.82) is 0 Å². The lowest BCUT2D eigenvalue weighted by Gasteiger charge is -2.37. The number of carbonyl (C=O) groups excluding carboxylic acids is 1. The first-order valence-corrected chi connectivity index (χ1v) is 13.1. The fourth-order valence-electron chi connectivity index (χ4n) is 4.97. The molecule has 10 heteroatoms. The van der Waals surface area contributed by atoms with E-state index in [2.05, 4.69) is 39.6 Å². The highest BCUT2D eigenvalue weighted by molar-refractivity contribution is 6.41. The highest BCUT2D eigenvalue weighted by Crippen LogP contribution is 2.46. The Hall–Kier alpha value is -3.46. The van der Waals surface area contributed by atoms with Crippen molar-refractivity contribution in [2.24, 2.45) is 0 Å². The zero-order valence-corrected chi connectivity index (χ0v) is 23.1. The van der Waals surface area contributed by atoms with Crippen LogP contribution in [0.4, 0.5) is 11.4 Å². The fraction of sp³-hybridized carbons (Fsp3) is 0.286. The van der Waals surface area contributed by atoms with Crippen LogP contribution in [-0.2, 0) is 0 Å². The summed E-state index contributed by atoms with van der Waals surface area (Å²) in [6, 6.07) is 15.9. The van der Waals surface area contributed by atoms with Crippen LogP contribution in [0.15, 0.2) is 48.5 Å². The maximum atomic E-state index is 13.1. The Morgan fingerprint density at radius 3 is 2.21 bits per heavy atom. The molecule has 0 bridgehead atoms. The number of ether oxygens (including phenoxy) is 2. The number of halogens is 2. The van der Waals surface area contributed by atoms with Gasteiger partial charge in [0.25, 0.3) is 5.91 Å². The summed E-state index contributed by atoms with van der Waals surface area (Å²) >= 11 is 13.2. The summed E-state index contributed by atoms with van der Waals surface area (Å²) in [7, 11) is 3.06. The SMILES string of the molecule is COc1cc(OC)c(Cl)c(-c2ccc3c(C(=O)Nc4ccc(N5C[C@@H](C)N[C@@H](C)C5)cc4)n[nH]c3c2)c1Cl. The zero-order valence-electron chi connectivity index (χ0n) is 21.6. The number of amides is 1. The Labute approximate surface area is 231 Å². The Bertz CT molecular complexity index is 1450. The lowest BCUT2D eigenvalue weighted by atomic mass is 10.0. The molecule has 1 amide bonds. The van der Waals surface area contributed by atoms with Crippen molar-refractivity contribution in [3.63, 3.8) is 0 Å². The van der Waals surface area contributed by atoms with Crippen molar-refractivity contribution in [1.82, 2.24) is 15.5 Å². The van der Waals surface area contributed by atoms with Gasteiger partial charge in [-0.1, -0.05) is 29.3 Å². The van der Waals surface area contributed by atoms with E-state index in [4.69, 9.17) is 32.7 Å². The monoisotopic (exact) mass is 553 g/mol. The third-order valence-corrected chi connectivity index (χ3v) is 7.44. The lowest BCUT2D eigenvalue weighted by Crippen LogP contribution is -2.54. The standard InChI is InChI=1S/C28H29Cl2N5O3/c1-15-13-35(14-16(2)31-15)19-8-6-18(7-9-19)32-28(36)27-20-10-5-17(11-21(20)33-34-27)24-25(29)22(37-3)12-23(38-4)26(24)30/h5-12,15-16,31H,13-14H2,1-4H3,(H,32,36)(H,33,34)/t15-,16+. The maximum Gasteiger partial charge on any atom is 0.276 e. The van der Waals surface area contributed by atoms with Gasteiger partial charge in [-0.05, 0) is 55.8 Å². The molecule has 0 spiro atoms. The summed E-state index contributed by atoms with van der Waals surface area (Å²) in [5.41, 5.74) is 4.09. The second-order valence-electron chi connectivity index (χ2n) is 9.49. The zero-order chi connectivity index (χ0) is 27.0. The van der Waals surface area contributed by atoms with E-state index in [1.807, 2.05) is 42.5 Å². The Balaban J connectivity index is 1.37. The van der Waals surface area contributed by atoms with Crippen molar-refractivity contribution in [2.75, 3.05) is 37.5 Å². The normalized spacial score (nSPS) is 17.5. The number of rotatable bonds is 6. The van der Waals surface area contributed by atoms with Crippen LogP contribution in [0, 0.1) is 0 Å². The van der Waals surface area contributed by atoms with Gasteiger partial charge in [0.2, 0.25) is 0 Å². The number of nitrogens with zero attached hydrogens (tertiary/aromatic N) is 2. The molecule has 38 heavy (non-hydrogen) atoms. The van der Waals surface area contributed by atoms with E-state index < -0.39 is 0 Å². The summed E-state index contributed by atoms with van der Waals surface area (Å²) in [6.07, 6.45) is 0. The predicted molar refractivity (Wildman–Crippen MR) is 153 cm³/mol. The number of H-pyrrole nitrogens is 1. The van der Waals surface area contributed by atoms with Gasteiger partial charge < -0.3 is 25.0 Å². The number of benzene rings is 3. The molecule has 0 saturated carbocycles. The molecule has 3 N–H and O–H groups in total. The highest BCUT2D eigenvalue weighted by atomic mass is 35.5. The number of hydrogen-bond acceptors (Lipinski definition) is 6. The highest BCUT2D eigenvalue weighted by Gasteiger charge is 2.22. The number of fused-ring (bicyclic) bond motifs is 1. The van der Waals surface area contributed by atoms with E-state index in [0.717, 1.165) is 24.3 Å². The van der Waals surface area contributed by atoms with Crippen molar-refractivity contribution < 1.29 is 14.3 Å². The molecule has 1 aromatic heterocycles. The molecule has 1 aliphatic rings. The molecule has 2 heterocycles. The molecule has 0 aliphatic carbocycles. The summed E-state index contributed by atoms with van der Waals surface area (Å²) < 4.78 is 10.8. The molecular formula is C28H29Cl2N5O3. The lowest BCUT2D eigenvalue weighted by molar-refractivity contribution is 0.102. The molecule has 0 radical (unpaired) electrons. The van der Waals surface area contributed by atoms with E-state index in [9.17, 15) is 4.79 Å². The van der Waals surface area contributed by atoms with Crippen LogP contribution in [0.5, 0.6) is 11.5 Å². The van der Waals surface area contributed by atoms with Crippen LogP contribution < -0.4 is 25.0 Å². The first-order chi connectivity index (χ1) is 18.3. The topological polar surface area (TPSA) is 91.5 Å². The Morgan fingerprint density at radius 2 is 1.61 bits per heavy atom. The van der Waals surface area contributed by atoms with Gasteiger partial charge in [0.05, 0.1) is 29.8 Å². The maximum absolute atomic E-state index is 13.1. The molecule has 5 rings (SSSR count). The van der Waals surface area contributed by atoms with Gasteiger partial charge in [-0.25, -0.2) is 0 Å². The molecule has 1 aliphatic heterocycles. The average molecular weight is 554 g/mol. The molecule has 1 fully saturated rings. The fourth-order valence-corrected chi connectivity index (χ4v) is 5.69. The van der Waals surface area contributed by atoms with Gasteiger partial charge in [-0.3, -0.25) is 9.89 Å². The summed E-state index contributed by atoms with van der Waals surface area (Å²) in [5, 5.41) is 15.1. The van der Waals surface area contributed by atoms with Gasteiger partial charge >= 0.3 is 0 Å². The Kier molecular flexibility index (Phi) is 7.38. The van der Waals surface area contributed by atoms with E-state index in [0.29, 0.717) is 61.5 Å². The molecule has 8 nitrogen and oxygen atoms in total. The molecule has 3 aromatic carbocycles. The third kappa shape index (κ3) is 4.99. The first-order valence-electron chi connectivity index (χ1n) is 12.3. The molecule has 2 atom stereocenters. The number of carbonyl (C=O) groups is 1. The number of aromatic amines is 1. The largest absolute Gasteiger partial charge is 0.495 e. The number of aromatic nitrogens is 2. The van der Waals surface area contributed by atoms with Crippen LogP contribution in [0.3, 0.4) is 0 Å². The molecular weight excluding hydrogens is 525 g/mol. The van der Waals surface area contributed by atoms with Crippen LogP contribution in [-0.4, -0.2) is 55.5 Å². The van der Waals surface area contributed by atoms with Gasteiger partial charge in [-0.2, -0.15) is 5.10 Å². The third-order valence-electron chi connectivity index (χ3n) is 6.69. The van der Waals surface area contributed by atoms with Crippen LogP contribution in [0.2, 0.25) is 10.0 Å². The van der Waals surface area contributed by atoms with E-state index in [-0.39, 0.29) is 5.91 Å². The van der Waals surface area contributed by atoms with Crippen molar-refractivity contribution >= 4 is 51.4 Å². The van der Waals surface area contributed by atoms with Crippen LogP contribution in [0.25, 0.3) is 22.0 Å². The smallest absolute Gasteiger partial charge is 0.276 e. The Morgan fingerprint density at radius 1 is 0.974 bits per heavy atom. The summed E-state index contributed by atoms with van der Waals surface area (Å²) in [5.74, 6) is 0.583. The molecule has 1 saturated heterocycles. The van der Waals surface area contributed by atoms with E-state index in [1.54, 1.807) is 6.07 Å². The molecule has 198 valence electrons. The van der Waals surface area contributed by atoms with Crippen molar-refractivity contribution in [3.8, 4) is 22.6 Å². The first kappa shape index (κ1) is 26.2. The van der Waals surface area contributed by atoms with Crippen LogP contribution >= 0.6 is 23.2 Å². The van der Waals surface area contributed by atoms with Gasteiger partial charge in [-0.15, -0.1) is 0 Å². The summed E-state index contributed by atoms with van der Waals surface area (Å²) in [6.45, 7) is 6.25. The second kappa shape index (κ2) is 10.7. The number of nitrogens with one attached hydrogen (secondary N) is 3. The van der Waals surface area contributed by atoms with Crippen molar-refractivity contribution in [2.45, 2.75) is 25.9 Å².